The number of ether oxygens (including phenoxy) is 1. The number of benzene rings is 1. The summed E-state index contributed by atoms with van der Waals surface area (Å²) in [4.78, 5) is 0. The monoisotopic (exact) mass is 129 g/mol. The molecule has 0 saturated carbocycles. The summed E-state index contributed by atoms with van der Waals surface area (Å²) in [5, 5.41) is 0. The van der Waals surface area contributed by atoms with Gasteiger partial charge in [-0.05, 0) is 11.6 Å². The van der Waals surface area contributed by atoms with Gasteiger partial charge in [-0.1, -0.05) is 24.3 Å². The molecule has 1 nitrogen and oxygen atoms in total. The molecule has 0 saturated heterocycles. The first-order valence-electron chi connectivity index (χ1n) is 2.88. The first-order valence-corrected chi connectivity index (χ1v) is 2.88. The van der Waals surface area contributed by atoms with Crippen molar-refractivity contribution in [3.63, 3.8) is 0 Å². The molecule has 1 radical (unpaired) electrons. The van der Waals surface area contributed by atoms with Crippen molar-refractivity contribution in [2.45, 2.75) is 6.61 Å². The van der Waals surface area contributed by atoms with E-state index in [1.54, 1.807) is 7.11 Å². The predicted molar refractivity (Wildman–Crippen MR) is 43.1 cm³/mol. The van der Waals surface area contributed by atoms with E-state index < -0.39 is 0 Å². The average molecular weight is 129 g/mol. The van der Waals surface area contributed by atoms with Crippen molar-refractivity contribution < 1.29 is 4.74 Å². The zero-order valence-corrected chi connectivity index (χ0v) is 5.42. The summed E-state index contributed by atoms with van der Waals surface area (Å²) >= 11 is 0. The Balaban J connectivity index is 0.000000810. The molecule has 2 heteroatoms. The molecule has 0 spiro atoms. The Labute approximate surface area is 73.6 Å². The minimum atomic E-state index is 0. The van der Waals surface area contributed by atoms with Crippen LogP contribution in [0, 0.1) is 6.07 Å². The fourth-order valence-corrected chi connectivity index (χ4v) is 0.676. The van der Waals surface area contributed by atoms with Crippen LogP contribution in [0.3, 0.4) is 0 Å². The molecule has 0 aliphatic heterocycles. The second-order valence-corrected chi connectivity index (χ2v) is 1.82. The SMILES string of the molecule is COCc1[c]cccc1.[LiH]. The van der Waals surface area contributed by atoms with Gasteiger partial charge in [0.05, 0.1) is 6.61 Å². The summed E-state index contributed by atoms with van der Waals surface area (Å²) in [5.41, 5.74) is 1.10. The number of hydrogen-bond donors (Lipinski definition) is 0. The van der Waals surface area contributed by atoms with Crippen molar-refractivity contribution >= 4 is 18.9 Å². The quantitative estimate of drug-likeness (QED) is 0.541. The maximum absolute atomic E-state index is 4.90. The van der Waals surface area contributed by atoms with Gasteiger partial charge in [0, 0.05) is 7.11 Å². The van der Waals surface area contributed by atoms with Gasteiger partial charge in [0.1, 0.15) is 0 Å². The normalized spacial score (nSPS) is 8.50. The topological polar surface area (TPSA) is 9.23 Å². The predicted octanol–water partition coefficient (Wildman–Crippen LogP) is 0.985. The van der Waals surface area contributed by atoms with Gasteiger partial charge >= 0.3 is 18.9 Å². The van der Waals surface area contributed by atoms with Crippen molar-refractivity contribution in [2.75, 3.05) is 7.11 Å². The standard InChI is InChI=1S/C8H9O.Li.H/c1-9-7-8-5-3-2-4-6-8;;/h2-5H,7H2,1H3;;. The second kappa shape index (κ2) is 5.55. The molecule has 0 bridgehead atoms. The van der Waals surface area contributed by atoms with E-state index in [1.165, 1.54) is 0 Å². The maximum atomic E-state index is 4.90. The van der Waals surface area contributed by atoms with E-state index in [0.29, 0.717) is 6.61 Å². The van der Waals surface area contributed by atoms with Crippen LogP contribution in [0.25, 0.3) is 0 Å². The molecule has 0 N–H and O–H groups in total. The molecule has 1 rings (SSSR count). The van der Waals surface area contributed by atoms with E-state index in [2.05, 4.69) is 6.07 Å². The van der Waals surface area contributed by atoms with E-state index >= 15 is 0 Å². The van der Waals surface area contributed by atoms with Crippen LogP contribution in [-0.2, 0) is 11.3 Å². The fourth-order valence-electron chi connectivity index (χ4n) is 0.676. The number of methoxy groups -OCH3 is 1. The molecule has 1 aromatic carbocycles. The van der Waals surface area contributed by atoms with Crippen LogP contribution in [-0.4, -0.2) is 26.0 Å². The Hall–Kier alpha value is -0.223. The van der Waals surface area contributed by atoms with E-state index in [0.717, 1.165) is 5.56 Å². The van der Waals surface area contributed by atoms with Crippen LogP contribution in [0.2, 0.25) is 0 Å². The average Bonchev–Trinajstić information content (AvgIpc) is 1.91. The third-order valence-electron chi connectivity index (χ3n) is 1.07. The Bertz CT molecular complexity index is 162. The van der Waals surface area contributed by atoms with Crippen LogP contribution in [0.15, 0.2) is 24.3 Å². The van der Waals surface area contributed by atoms with Gasteiger partial charge < -0.3 is 4.74 Å². The first-order chi connectivity index (χ1) is 4.43. The molecule has 0 fully saturated rings. The van der Waals surface area contributed by atoms with E-state index in [1.807, 2.05) is 24.3 Å². The van der Waals surface area contributed by atoms with Crippen LogP contribution in [0.5, 0.6) is 0 Å². The summed E-state index contributed by atoms with van der Waals surface area (Å²) < 4.78 is 4.90. The molecule has 0 amide bonds. The zero-order valence-electron chi connectivity index (χ0n) is 5.42. The first kappa shape index (κ1) is 9.78. The van der Waals surface area contributed by atoms with Crippen LogP contribution in [0.4, 0.5) is 0 Å². The summed E-state index contributed by atoms with van der Waals surface area (Å²) in [5.74, 6) is 0. The van der Waals surface area contributed by atoms with Gasteiger partial charge in [-0.2, -0.15) is 0 Å². The third kappa shape index (κ3) is 3.08. The van der Waals surface area contributed by atoms with Gasteiger partial charge in [-0.3, -0.25) is 0 Å². The molecule has 0 aliphatic carbocycles. The van der Waals surface area contributed by atoms with Crippen molar-refractivity contribution in [3.8, 4) is 0 Å². The molecule has 49 valence electrons. The van der Waals surface area contributed by atoms with Gasteiger partial charge in [-0.25, -0.2) is 0 Å². The number of hydrogen-bond acceptors (Lipinski definition) is 1. The molecule has 0 atom stereocenters. The van der Waals surface area contributed by atoms with Crippen molar-refractivity contribution in [3.05, 3.63) is 35.9 Å². The summed E-state index contributed by atoms with van der Waals surface area (Å²) in [6.45, 7) is 0.654. The van der Waals surface area contributed by atoms with E-state index in [-0.39, 0.29) is 18.9 Å². The Morgan fingerprint density at radius 3 is 2.80 bits per heavy atom. The molecule has 0 aliphatic rings. The van der Waals surface area contributed by atoms with Gasteiger partial charge in [-0.15, -0.1) is 0 Å². The summed E-state index contributed by atoms with van der Waals surface area (Å²) in [7, 11) is 1.68. The zero-order chi connectivity index (χ0) is 6.53. The molecule has 0 unspecified atom stereocenters. The summed E-state index contributed by atoms with van der Waals surface area (Å²) in [6, 6.07) is 10.8. The van der Waals surface area contributed by atoms with Crippen LogP contribution in [0.1, 0.15) is 5.56 Å². The fraction of sp³-hybridized carbons (Fsp3) is 0.250. The van der Waals surface area contributed by atoms with E-state index in [4.69, 9.17) is 4.74 Å². The molecular formula is C8H10LiO. The second-order valence-electron chi connectivity index (χ2n) is 1.82. The van der Waals surface area contributed by atoms with Gasteiger partial charge in [0.15, 0.2) is 0 Å². The third-order valence-corrected chi connectivity index (χ3v) is 1.07. The molecule has 0 heterocycles. The van der Waals surface area contributed by atoms with Crippen LogP contribution < -0.4 is 0 Å². The van der Waals surface area contributed by atoms with Crippen molar-refractivity contribution in [1.29, 1.82) is 0 Å². The Morgan fingerprint density at radius 1 is 1.50 bits per heavy atom. The van der Waals surface area contributed by atoms with Gasteiger partial charge in [0.2, 0.25) is 0 Å². The van der Waals surface area contributed by atoms with E-state index in [9.17, 15) is 0 Å². The van der Waals surface area contributed by atoms with Gasteiger partial charge in [0.25, 0.3) is 0 Å². The molecule has 10 heavy (non-hydrogen) atoms. The Morgan fingerprint density at radius 2 is 2.30 bits per heavy atom. The minimum absolute atomic E-state index is 0. The molecule has 1 aromatic rings. The van der Waals surface area contributed by atoms with Crippen molar-refractivity contribution in [2.24, 2.45) is 0 Å². The molecular weight excluding hydrogens is 119 g/mol. The number of rotatable bonds is 2. The Kier molecular flexibility index (Phi) is 5.43. The van der Waals surface area contributed by atoms with Crippen LogP contribution >= 0.6 is 0 Å². The molecule has 0 aromatic heterocycles. The van der Waals surface area contributed by atoms with Crippen molar-refractivity contribution in [1.82, 2.24) is 0 Å². The summed E-state index contributed by atoms with van der Waals surface area (Å²) in [6.07, 6.45) is 0.